The van der Waals surface area contributed by atoms with Crippen molar-refractivity contribution in [1.82, 2.24) is 0 Å². The number of carbonyl (C=O) groups is 1. The summed E-state index contributed by atoms with van der Waals surface area (Å²) in [7, 11) is -3.56. The summed E-state index contributed by atoms with van der Waals surface area (Å²) in [6.07, 6.45) is 0.938. The molecule has 0 amide bonds. The predicted octanol–water partition coefficient (Wildman–Crippen LogP) is 2.10. The molecule has 0 aromatic heterocycles. The summed E-state index contributed by atoms with van der Waals surface area (Å²) in [5.41, 5.74) is -0.290. The van der Waals surface area contributed by atoms with E-state index in [2.05, 4.69) is 0 Å². The van der Waals surface area contributed by atoms with Crippen LogP contribution < -0.4 is 0 Å². The van der Waals surface area contributed by atoms with Gasteiger partial charge in [-0.25, -0.2) is 13.2 Å². The fraction of sp³-hybridized carbons (Fsp3) is 0.125. The summed E-state index contributed by atoms with van der Waals surface area (Å²) in [5.74, 6) is -1.30. The maximum absolute atomic E-state index is 11.2. The van der Waals surface area contributed by atoms with Crippen molar-refractivity contribution in [3.8, 4) is 0 Å². The van der Waals surface area contributed by atoms with Gasteiger partial charge in [-0.05, 0) is 12.1 Å². The summed E-state index contributed by atoms with van der Waals surface area (Å²) in [5, 5.41) is 8.54. The lowest BCUT2D eigenvalue weighted by Crippen LogP contribution is -2.03. The Bertz CT molecular complexity index is 522. The second-order valence-electron chi connectivity index (χ2n) is 2.84. The monoisotopic (exact) mass is 268 g/mol. The number of hydrogen-bond donors (Lipinski definition) is 1. The number of halogens is 2. The van der Waals surface area contributed by atoms with E-state index in [4.69, 9.17) is 28.3 Å². The van der Waals surface area contributed by atoms with E-state index in [0.29, 0.717) is 0 Å². The highest BCUT2D eigenvalue weighted by Crippen LogP contribution is 2.28. The number of benzene rings is 1. The van der Waals surface area contributed by atoms with Gasteiger partial charge in [0.1, 0.15) is 0 Å². The fourth-order valence-electron chi connectivity index (χ4n) is 0.977. The normalized spacial score (nSPS) is 11.4. The maximum Gasteiger partial charge on any atom is 0.337 e. The van der Waals surface area contributed by atoms with Gasteiger partial charge < -0.3 is 5.11 Å². The van der Waals surface area contributed by atoms with Crippen LogP contribution in [0, 0.1) is 0 Å². The van der Waals surface area contributed by atoms with Crippen LogP contribution in [0.15, 0.2) is 17.0 Å². The number of rotatable bonds is 2. The average molecular weight is 269 g/mol. The van der Waals surface area contributed by atoms with E-state index in [1.807, 2.05) is 0 Å². The zero-order valence-electron chi connectivity index (χ0n) is 7.49. The minimum absolute atomic E-state index is 0.0903. The zero-order valence-corrected chi connectivity index (χ0v) is 9.82. The third-order valence-corrected chi connectivity index (χ3v) is 3.53. The minimum atomic E-state index is -3.56. The summed E-state index contributed by atoms with van der Waals surface area (Å²) >= 11 is 11.2. The standard InChI is InChI=1S/C8H6Cl2O4S/c1-15(13,14)7-2-4(8(11)12)5(9)3-6(7)10/h2-3H,1H3,(H,11,12). The smallest absolute Gasteiger partial charge is 0.337 e. The third kappa shape index (κ3) is 2.62. The first-order valence-electron chi connectivity index (χ1n) is 3.66. The van der Waals surface area contributed by atoms with Crippen LogP contribution in [0.1, 0.15) is 10.4 Å². The van der Waals surface area contributed by atoms with Crippen molar-refractivity contribution in [1.29, 1.82) is 0 Å². The Hall–Kier alpha value is -0.780. The molecule has 7 heteroatoms. The molecule has 0 radical (unpaired) electrons. The van der Waals surface area contributed by atoms with Crippen molar-refractivity contribution < 1.29 is 18.3 Å². The van der Waals surface area contributed by atoms with Gasteiger partial charge in [0.2, 0.25) is 0 Å². The molecule has 0 saturated heterocycles. The number of carboxylic acids is 1. The Morgan fingerprint density at radius 1 is 1.27 bits per heavy atom. The first-order valence-corrected chi connectivity index (χ1v) is 6.30. The average Bonchev–Trinajstić information content (AvgIpc) is 2.00. The molecule has 0 unspecified atom stereocenters. The molecule has 0 aliphatic heterocycles. The van der Waals surface area contributed by atoms with Gasteiger partial charge in [0.15, 0.2) is 9.84 Å². The highest BCUT2D eigenvalue weighted by Gasteiger charge is 2.18. The molecule has 0 fully saturated rings. The van der Waals surface area contributed by atoms with Crippen LogP contribution in [0.4, 0.5) is 0 Å². The van der Waals surface area contributed by atoms with Crippen molar-refractivity contribution in [2.24, 2.45) is 0 Å². The van der Waals surface area contributed by atoms with Crippen molar-refractivity contribution in [2.45, 2.75) is 4.90 Å². The molecule has 0 heterocycles. The lowest BCUT2D eigenvalue weighted by atomic mass is 10.2. The van der Waals surface area contributed by atoms with Crippen LogP contribution in [0.2, 0.25) is 10.0 Å². The van der Waals surface area contributed by atoms with E-state index >= 15 is 0 Å². The molecular formula is C8H6Cl2O4S. The number of hydrogen-bond acceptors (Lipinski definition) is 3. The highest BCUT2D eigenvalue weighted by molar-refractivity contribution is 7.90. The predicted molar refractivity (Wildman–Crippen MR) is 56.5 cm³/mol. The summed E-state index contributed by atoms with van der Waals surface area (Å²) in [6, 6.07) is 2.05. The molecule has 0 aliphatic carbocycles. The third-order valence-electron chi connectivity index (χ3n) is 1.65. The van der Waals surface area contributed by atoms with Crippen LogP contribution >= 0.6 is 23.2 Å². The Kier molecular flexibility index (Phi) is 3.28. The molecule has 1 aromatic carbocycles. The highest BCUT2D eigenvalue weighted by atomic mass is 35.5. The zero-order chi connectivity index (χ0) is 11.8. The van der Waals surface area contributed by atoms with Crippen LogP contribution in [-0.4, -0.2) is 25.7 Å². The number of sulfone groups is 1. The topological polar surface area (TPSA) is 71.4 Å². The maximum atomic E-state index is 11.2. The van der Waals surface area contributed by atoms with E-state index in [-0.39, 0.29) is 20.5 Å². The van der Waals surface area contributed by atoms with Gasteiger partial charge in [-0.2, -0.15) is 0 Å². The van der Waals surface area contributed by atoms with Crippen LogP contribution in [0.3, 0.4) is 0 Å². The van der Waals surface area contributed by atoms with Gasteiger partial charge in [-0.15, -0.1) is 0 Å². The molecular weight excluding hydrogens is 263 g/mol. The Balaban J connectivity index is 3.58. The first-order chi connectivity index (χ1) is 6.73. The van der Waals surface area contributed by atoms with Crippen LogP contribution in [0.5, 0.6) is 0 Å². The van der Waals surface area contributed by atoms with Crippen LogP contribution in [-0.2, 0) is 9.84 Å². The van der Waals surface area contributed by atoms with E-state index in [9.17, 15) is 13.2 Å². The number of carboxylic acid groups (broad SMARTS) is 1. The Morgan fingerprint density at radius 3 is 2.20 bits per heavy atom. The lowest BCUT2D eigenvalue weighted by Gasteiger charge is -2.05. The first kappa shape index (κ1) is 12.3. The van der Waals surface area contributed by atoms with Gasteiger partial charge in [-0.3, -0.25) is 0 Å². The van der Waals surface area contributed by atoms with E-state index in [1.54, 1.807) is 0 Å². The van der Waals surface area contributed by atoms with Crippen molar-refractivity contribution in [3.63, 3.8) is 0 Å². The Labute approximate surface area is 96.3 Å². The molecule has 1 aromatic rings. The van der Waals surface area contributed by atoms with Gasteiger partial charge in [0.25, 0.3) is 0 Å². The van der Waals surface area contributed by atoms with Gasteiger partial charge >= 0.3 is 5.97 Å². The fourth-order valence-corrected chi connectivity index (χ4v) is 2.61. The van der Waals surface area contributed by atoms with E-state index in [1.165, 1.54) is 0 Å². The molecule has 1 N–H and O–H groups in total. The molecule has 15 heavy (non-hydrogen) atoms. The van der Waals surface area contributed by atoms with Crippen molar-refractivity contribution in [3.05, 3.63) is 27.7 Å². The van der Waals surface area contributed by atoms with Gasteiger partial charge in [0, 0.05) is 6.26 Å². The lowest BCUT2D eigenvalue weighted by molar-refractivity contribution is 0.0697. The second kappa shape index (κ2) is 4.00. The van der Waals surface area contributed by atoms with Crippen molar-refractivity contribution in [2.75, 3.05) is 6.26 Å². The van der Waals surface area contributed by atoms with Gasteiger partial charge in [-0.1, -0.05) is 23.2 Å². The summed E-state index contributed by atoms with van der Waals surface area (Å²) in [4.78, 5) is 10.4. The Morgan fingerprint density at radius 2 is 1.80 bits per heavy atom. The second-order valence-corrected chi connectivity index (χ2v) is 5.64. The quantitative estimate of drug-likeness (QED) is 0.892. The minimum Gasteiger partial charge on any atom is -0.478 e. The summed E-state index contributed by atoms with van der Waals surface area (Å²) < 4.78 is 22.4. The van der Waals surface area contributed by atoms with E-state index < -0.39 is 15.8 Å². The molecule has 0 aliphatic rings. The van der Waals surface area contributed by atoms with Gasteiger partial charge in [0.05, 0.1) is 20.5 Å². The molecule has 4 nitrogen and oxygen atoms in total. The molecule has 0 spiro atoms. The SMILES string of the molecule is CS(=O)(=O)c1cc(C(=O)O)c(Cl)cc1Cl. The van der Waals surface area contributed by atoms with Crippen LogP contribution in [0.25, 0.3) is 0 Å². The molecule has 0 saturated carbocycles. The van der Waals surface area contributed by atoms with Crippen molar-refractivity contribution >= 4 is 39.0 Å². The molecule has 0 bridgehead atoms. The molecule has 82 valence electrons. The molecule has 1 rings (SSSR count). The molecule has 0 atom stereocenters. The largest absolute Gasteiger partial charge is 0.478 e. The number of aromatic carboxylic acids is 1. The summed E-state index contributed by atoms with van der Waals surface area (Å²) in [6.45, 7) is 0. The van der Waals surface area contributed by atoms with E-state index in [0.717, 1.165) is 18.4 Å².